The maximum absolute atomic E-state index is 13.4. The van der Waals surface area contributed by atoms with Crippen LogP contribution in [0.25, 0.3) is 0 Å². The first-order valence-electron chi connectivity index (χ1n) is 5.25. The van der Waals surface area contributed by atoms with Crippen molar-refractivity contribution in [1.29, 1.82) is 0 Å². The summed E-state index contributed by atoms with van der Waals surface area (Å²) in [6, 6.07) is 3.46. The van der Waals surface area contributed by atoms with E-state index < -0.39 is 11.6 Å². The summed E-state index contributed by atoms with van der Waals surface area (Å²) >= 11 is 0. The van der Waals surface area contributed by atoms with Gasteiger partial charge in [0.2, 0.25) is 0 Å². The molecule has 1 atom stereocenters. The molecule has 0 saturated carbocycles. The first-order valence-corrected chi connectivity index (χ1v) is 5.25. The molecule has 2 N–H and O–H groups in total. The van der Waals surface area contributed by atoms with Crippen LogP contribution in [0.15, 0.2) is 18.2 Å². The Kier molecular flexibility index (Phi) is 4.83. The van der Waals surface area contributed by atoms with E-state index in [1.54, 1.807) is 6.92 Å². The van der Waals surface area contributed by atoms with E-state index in [1.165, 1.54) is 12.1 Å². The average molecular weight is 230 g/mol. The van der Waals surface area contributed by atoms with Crippen LogP contribution in [0.4, 0.5) is 8.78 Å². The van der Waals surface area contributed by atoms with Crippen LogP contribution in [-0.2, 0) is 0 Å². The third-order valence-electron chi connectivity index (χ3n) is 2.70. The molecule has 0 bridgehead atoms. The molecular formula is C12H16F2O2. The van der Waals surface area contributed by atoms with E-state index in [0.717, 1.165) is 6.07 Å². The monoisotopic (exact) mass is 230 g/mol. The number of hydrogen-bond acceptors (Lipinski definition) is 2. The van der Waals surface area contributed by atoms with Crippen molar-refractivity contribution >= 4 is 0 Å². The lowest BCUT2D eigenvalue weighted by Gasteiger charge is -2.17. The molecule has 1 rings (SSSR count). The molecule has 0 aliphatic rings. The summed E-state index contributed by atoms with van der Waals surface area (Å²) in [5, 5.41) is 17.8. The van der Waals surface area contributed by atoms with Crippen LogP contribution in [0.2, 0.25) is 0 Å². The van der Waals surface area contributed by atoms with Crippen molar-refractivity contribution in [3.8, 4) is 0 Å². The summed E-state index contributed by atoms with van der Waals surface area (Å²) < 4.78 is 26.1. The normalized spacial score (nSPS) is 13.1. The molecule has 1 aromatic rings. The number of aliphatic hydroxyl groups is 2. The van der Waals surface area contributed by atoms with Gasteiger partial charge in [-0.25, -0.2) is 8.78 Å². The SMILES string of the molecule is CC(CC(CO)CO)c1ccc(F)cc1F. The van der Waals surface area contributed by atoms with Gasteiger partial charge in [0.05, 0.1) is 0 Å². The van der Waals surface area contributed by atoms with Gasteiger partial charge in [0.1, 0.15) is 11.6 Å². The largest absolute Gasteiger partial charge is 0.396 e. The smallest absolute Gasteiger partial charge is 0.129 e. The average Bonchev–Trinajstić information content (AvgIpc) is 2.25. The van der Waals surface area contributed by atoms with Crippen LogP contribution in [0.5, 0.6) is 0 Å². The zero-order chi connectivity index (χ0) is 12.1. The second-order valence-corrected chi connectivity index (χ2v) is 4.03. The van der Waals surface area contributed by atoms with Gasteiger partial charge in [-0.1, -0.05) is 13.0 Å². The number of rotatable bonds is 5. The van der Waals surface area contributed by atoms with Crippen LogP contribution >= 0.6 is 0 Å². The standard InChI is InChI=1S/C12H16F2O2/c1-8(4-9(6-15)7-16)11-3-2-10(13)5-12(11)14/h2-3,5,8-9,15-16H,4,6-7H2,1H3. The summed E-state index contributed by atoms with van der Waals surface area (Å²) in [5.41, 5.74) is 0.410. The van der Waals surface area contributed by atoms with Gasteiger partial charge in [-0.15, -0.1) is 0 Å². The van der Waals surface area contributed by atoms with Crippen LogP contribution < -0.4 is 0 Å². The number of hydrogen-bond donors (Lipinski definition) is 2. The van der Waals surface area contributed by atoms with Crippen molar-refractivity contribution in [1.82, 2.24) is 0 Å². The van der Waals surface area contributed by atoms with E-state index >= 15 is 0 Å². The highest BCUT2D eigenvalue weighted by molar-refractivity contribution is 5.22. The molecule has 0 spiro atoms. The second-order valence-electron chi connectivity index (χ2n) is 4.03. The van der Waals surface area contributed by atoms with Gasteiger partial charge in [-0.3, -0.25) is 0 Å². The zero-order valence-electron chi connectivity index (χ0n) is 9.16. The summed E-state index contributed by atoms with van der Waals surface area (Å²) in [7, 11) is 0. The van der Waals surface area contributed by atoms with Crippen LogP contribution in [0.3, 0.4) is 0 Å². The number of aliphatic hydroxyl groups excluding tert-OH is 2. The van der Waals surface area contributed by atoms with Crippen molar-refractivity contribution in [3.63, 3.8) is 0 Å². The zero-order valence-corrected chi connectivity index (χ0v) is 9.16. The minimum atomic E-state index is -0.602. The molecule has 1 aromatic carbocycles. The quantitative estimate of drug-likeness (QED) is 0.812. The third kappa shape index (κ3) is 3.25. The van der Waals surface area contributed by atoms with E-state index in [2.05, 4.69) is 0 Å². The Hall–Kier alpha value is -1.00. The summed E-state index contributed by atoms with van der Waals surface area (Å²) in [6.07, 6.45) is 0.468. The lowest BCUT2D eigenvalue weighted by atomic mass is 9.90. The number of halogens is 2. The summed E-state index contributed by atoms with van der Waals surface area (Å²) in [4.78, 5) is 0. The van der Waals surface area contributed by atoms with Gasteiger partial charge < -0.3 is 10.2 Å². The maximum atomic E-state index is 13.4. The molecule has 0 amide bonds. The lowest BCUT2D eigenvalue weighted by molar-refractivity contribution is 0.139. The van der Waals surface area contributed by atoms with Crippen molar-refractivity contribution in [2.75, 3.05) is 13.2 Å². The molecule has 0 aliphatic carbocycles. The van der Waals surface area contributed by atoms with Gasteiger partial charge in [0.25, 0.3) is 0 Å². The number of benzene rings is 1. The minimum Gasteiger partial charge on any atom is -0.396 e. The highest BCUT2D eigenvalue weighted by Gasteiger charge is 2.16. The Balaban J connectivity index is 2.76. The van der Waals surface area contributed by atoms with Gasteiger partial charge >= 0.3 is 0 Å². The Labute approximate surface area is 93.5 Å². The van der Waals surface area contributed by atoms with Crippen molar-refractivity contribution in [2.45, 2.75) is 19.3 Å². The van der Waals surface area contributed by atoms with Crippen LogP contribution in [0, 0.1) is 17.6 Å². The molecule has 16 heavy (non-hydrogen) atoms. The van der Waals surface area contributed by atoms with Gasteiger partial charge in [0, 0.05) is 25.2 Å². The van der Waals surface area contributed by atoms with E-state index in [-0.39, 0.29) is 25.0 Å². The fraction of sp³-hybridized carbons (Fsp3) is 0.500. The van der Waals surface area contributed by atoms with Crippen molar-refractivity contribution in [3.05, 3.63) is 35.4 Å². The molecule has 4 heteroatoms. The molecule has 2 nitrogen and oxygen atoms in total. The molecule has 90 valence electrons. The fourth-order valence-electron chi connectivity index (χ4n) is 1.73. The molecule has 0 aromatic heterocycles. The molecule has 0 radical (unpaired) electrons. The molecular weight excluding hydrogens is 214 g/mol. The van der Waals surface area contributed by atoms with Crippen LogP contribution in [-0.4, -0.2) is 23.4 Å². The van der Waals surface area contributed by atoms with Crippen molar-refractivity contribution in [2.24, 2.45) is 5.92 Å². The Bertz CT molecular complexity index is 338. The predicted molar refractivity (Wildman–Crippen MR) is 57.1 cm³/mol. The molecule has 0 heterocycles. The van der Waals surface area contributed by atoms with Crippen LogP contribution in [0.1, 0.15) is 24.8 Å². The lowest BCUT2D eigenvalue weighted by Crippen LogP contribution is -2.14. The summed E-state index contributed by atoms with van der Waals surface area (Å²) in [6.45, 7) is 1.52. The Morgan fingerprint density at radius 1 is 1.19 bits per heavy atom. The van der Waals surface area contributed by atoms with Gasteiger partial charge in [-0.2, -0.15) is 0 Å². The predicted octanol–water partition coefficient (Wildman–Crippen LogP) is 2.06. The molecule has 0 saturated heterocycles. The third-order valence-corrected chi connectivity index (χ3v) is 2.70. The fourth-order valence-corrected chi connectivity index (χ4v) is 1.73. The van der Waals surface area contributed by atoms with Gasteiger partial charge in [0.15, 0.2) is 0 Å². The molecule has 1 unspecified atom stereocenters. The highest BCUT2D eigenvalue weighted by atomic mass is 19.1. The summed E-state index contributed by atoms with van der Waals surface area (Å²) in [5.74, 6) is -1.61. The Morgan fingerprint density at radius 2 is 1.81 bits per heavy atom. The van der Waals surface area contributed by atoms with Gasteiger partial charge in [-0.05, 0) is 24.0 Å². The van der Waals surface area contributed by atoms with E-state index in [1.807, 2.05) is 0 Å². The minimum absolute atomic E-state index is 0.135. The van der Waals surface area contributed by atoms with E-state index in [0.29, 0.717) is 12.0 Å². The topological polar surface area (TPSA) is 40.5 Å². The molecule has 0 fully saturated rings. The first kappa shape index (κ1) is 13.1. The Morgan fingerprint density at radius 3 is 2.31 bits per heavy atom. The maximum Gasteiger partial charge on any atom is 0.129 e. The molecule has 0 aliphatic heterocycles. The highest BCUT2D eigenvalue weighted by Crippen LogP contribution is 2.25. The second kappa shape index (κ2) is 5.92. The van der Waals surface area contributed by atoms with Crippen molar-refractivity contribution < 1.29 is 19.0 Å². The van der Waals surface area contributed by atoms with E-state index in [4.69, 9.17) is 10.2 Å². The first-order chi connectivity index (χ1) is 7.58. The van der Waals surface area contributed by atoms with E-state index in [9.17, 15) is 8.78 Å².